The van der Waals surface area contributed by atoms with Crippen molar-refractivity contribution in [2.24, 2.45) is 0 Å². The number of benzene rings is 1. The Kier molecular flexibility index (Phi) is 4.69. The van der Waals surface area contributed by atoms with Gasteiger partial charge >= 0.3 is 0 Å². The summed E-state index contributed by atoms with van der Waals surface area (Å²) < 4.78 is 23.5. The van der Waals surface area contributed by atoms with E-state index >= 15 is 0 Å². The Bertz CT molecular complexity index is 896. The van der Waals surface area contributed by atoms with Crippen LogP contribution < -0.4 is 10.2 Å². The minimum absolute atomic E-state index is 0.0344. The van der Waals surface area contributed by atoms with Crippen LogP contribution in [0.4, 0.5) is 17.5 Å². The summed E-state index contributed by atoms with van der Waals surface area (Å²) in [4.78, 5) is 11.0. The zero-order valence-corrected chi connectivity index (χ0v) is 15.9. The van der Waals surface area contributed by atoms with E-state index in [9.17, 15) is 8.42 Å². The third-order valence-corrected chi connectivity index (χ3v) is 6.56. The van der Waals surface area contributed by atoms with Crippen LogP contribution in [0.1, 0.15) is 23.2 Å². The highest BCUT2D eigenvalue weighted by atomic mass is 32.2. The van der Waals surface area contributed by atoms with Crippen molar-refractivity contribution < 1.29 is 8.42 Å². The number of sulfone groups is 1. The molecule has 6 nitrogen and oxygen atoms in total. The summed E-state index contributed by atoms with van der Waals surface area (Å²) in [5.41, 5.74) is 4.17. The normalized spacial score (nSPS) is 19.0. The van der Waals surface area contributed by atoms with Gasteiger partial charge in [-0.2, -0.15) is 4.98 Å². The molecule has 1 fully saturated rings. The van der Waals surface area contributed by atoms with Gasteiger partial charge in [-0.3, -0.25) is 0 Å². The Morgan fingerprint density at radius 2 is 1.96 bits per heavy atom. The molecule has 0 radical (unpaired) electrons. The van der Waals surface area contributed by atoms with Crippen LogP contribution in [-0.4, -0.2) is 43.0 Å². The van der Waals surface area contributed by atoms with Crippen molar-refractivity contribution in [3.63, 3.8) is 0 Å². The van der Waals surface area contributed by atoms with Gasteiger partial charge in [-0.05, 0) is 44.4 Å². The molecule has 134 valence electrons. The molecule has 1 aromatic heterocycles. The average molecular weight is 360 g/mol. The van der Waals surface area contributed by atoms with Crippen LogP contribution in [0.2, 0.25) is 0 Å². The van der Waals surface area contributed by atoms with E-state index in [1.807, 2.05) is 37.1 Å². The lowest BCUT2D eigenvalue weighted by Gasteiger charge is -2.25. The highest BCUT2D eigenvalue weighted by Crippen LogP contribution is 2.25. The van der Waals surface area contributed by atoms with Crippen LogP contribution in [0, 0.1) is 20.8 Å². The lowest BCUT2D eigenvalue weighted by Crippen LogP contribution is -2.33. The van der Waals surface area contributed by atoms with Crippen molar-refractivity contribution in [1.29, 1.82) is 0 Å². The van der Waals surface area contributed by atoms with Gasteiger partial charge in [0, 0.05) is 30.5 Å². The molecule has 2 heterocycles. The zero-order chi connectivity index (χ0) is 18.2. The van der Waals surface area contributed by atoms with Crippen molar-refractivity contribution in [2.75, 3.05) is 28.8 Å². The Morgan fingerprint density at radius 1 is 1.20 bits per heavy atom. The fourth-order valence-corrected chi connectivity index (χ4v) is 4.84. The topological polar surface area (TPSA) is 75.2 Å². The maximum atomic E-state index is 11.7. The van der Waals surface area contributed by atoms with Crippen LogP contribution in [0.25, 0.3) is 0 Å². The molecule has 1 N–H and O–H groups in total. The smallest absolute Gasteiger partial charge is 0.229 e. The predicted octanol–water partition coefficient (Wildman–Crippen LogP) is 2.77. The summed E-state index contributed by atoms with van der Waals surface area (Å²) in [6, 6.07) is 7.92. The Morgan fingerprint density at radius 3 is 2.64 bits per heavy atom. The molecule has 1 aromatic carbocycles. The van der Waals surface area contributed by atoms with E-state index in [4.69, 9.17) is 0 Å². The quantitative estimate of drug-likeness (QED) is 0.904. The Labute approximate surface area is 149 Å². The first-order valence-corrected chi connectivity index (χ1v) is 10.2. The van der Waals surface area contributed by atoms with Gasteiger partial charge in [-0.25, -0.2) is 13.4 Å². The van der Waals surface area contributed by atoms with Crippen LogP contribution in [-0.2, 0) is 9.84 Å². The van der Waals surface area contributed by atoms with Gasteiger partial charge in [0.15, 0.2) is 9.84 Å². The van der Waals surface area contributed by atoms with Gasteiger partial charge < -0.3 is 10.2 Å². The summed E-state index contributed by atoms with van der Waals surface area (Å²) >= 11 is 0. The van der Waals surface area contributed by atoms with Gasteiger partial charge in [0.25, 0.3) is 0 Å². The van der Waals surface area contributed by atoms with Crippen LogP contribution >= 0.6 is 0 Å². The van der Waals surface area contributed by atoms with Crippen LogP contribution in [0.3, 0.4) is 0 Å². The number of nitrogens with one attached hydrogen (secondary N) is 1. The number of nitrogens with zero attached hydrogens (tertiary/aromatic N) is 3. The van der Waals surface area contributed by atoms with Gasteiger partial charge in [-0.1, -0.05) is 12.1 Å². The fraction of sp³-hybridized carbons (Fsp3) is 0.444. The van der Waals surface area contributed by atoms with E-state index in [2.05, 4.69) is 35.2 Å². The van der Waals surface area contributed by atoms with Crippen LogP contribution in [0.5, 0.6) is 0 Å². The Hall–Kier alpha value is -2.15. The number of hydrogen-bond donors (Lipinski definition) is 1. The summed E-state index contributed by atoms with van der Waals surface area (Å²) in [7, 11) is -1.03. The maximum absolute atomic E-state index is 11.7. The SMILES string of the molecule is Cc1cc(N(C)C2CCS(=O)(=O)C2)nc(Nc2cccc(C)c2C)n1. The summed E-state index contributed by atoms with van der Waals surface area (Å²) in [6.45, 7) is 6.04. The second kappa shape index (κ2) is 6.63. The molecule has 1 saturated heterocycles. The molecule has 3 rings (SSSR count). The van der Waals surface area contributed by atoms with E-state index in [1.54, 1.807) is 0 Å². The molecule has 25 heavy (non-hydrogen) atoms. The molecule has 0 amide bonds. The van der Waals surface area contributed by atoms with E-state index in [0.29, 0.717) is 12.4 Å². The number of aryl methyl sites for hydroxylation is 2. The van der Waals surface area contributed by atoms with Crippen LogP contribution in [0.15, 0.2) is 24.3 Å². The van der Waals surface area contributed by atoms with Crippen molar-refractivity contribution >= 4 is 27.3 Å². The van der Waals surface area contributed by atoms with Gasteiger partial charge in [0.1, 0.15) is 5.82 Å². The Balaban J connectivity index is 1.87. The van der Waals surface area contributed by atoms with Gasteiger partial charge in [-0.15, -0.1) is 0 Å². The first-order chi connectivity index (χ1) is 11.7. The largest absolute Gasteiger partial charge is 0.355 e. The summed E-state index contributed by atoms with van der Waals surface area (Å²) in [5, 5.41) is 3.29. The molecule has 1 unspecified atom stereocenters. The highest BCUT2D eigenvalue weighted by molar-refractivity contribution is 7.91. The lowest BCUT2D eigenvalue weighted by molar-refractivity contribution is 0.600. The zero-order valence-electron chi connectivity index (χ0n) is 15.1. The second-order valence-corrected chi connectivity index (χ2v) is 8.96. The molecule has 0 aliphatic carbocycles. The molecule has 1 aliphatic heterocycles. The van der Waals surface area contributed by atoms with Gasteiger partial charge in [0.05, 0.1) is 11.5 Å². The lowest BCUT2D eigenvalue weighted by atomic mass is 10.1. The minimum Gasteiger partial charge on any atom is -0.355 e. The van der Waals surface area contributed by atoms with Gasteiger partial charge in [0.2, 0.25) is 5.95 Å². The van der Waals surface area contributed by atoms with E-state index in [1.165, 1.54) is 5.56 Å². The van der Waals surface area contributed by atoms with Crippen molar-refractivity contribution in [3.8, 4) is 0 Å². The molecule has 1 atom stereocenters. The first kappa shape index (κ1) is 17.7. The van der Waals surface area contributed by atoms with E-state index < -0.39 is 9.84 Å². The molecule has 7 heteroatoms. The molecular formula is C18H24N4O2S. The summed E-state index contributed by atoms with van der Waals surface area (Å²) in [5.74, 6) is 1.70. The third kappa shape index (κ3) is 3.92. The molecule has 1 aliphatic rings. The first-order valence-electron chi connectivity index (χ1n) is 8.37. The number of anilines is 3. The number of aromatic nitrogens is 2. The number of rotatable bonds is 4. The molecule has 2 aromatic rings. The average Bonchev–Trinajstić information content (AvgIpc) is 2.90. The van der Waals surface area contributed by atoms with Crippen molar-refractivity contribution in [3.05, 3.63) is 41.1 Å². The number of hydrogen-bond acceptors (Lipinski definition) is 6. The molecule has 0 bridgehead atoms. The van der Waals surface area contributed by atoms with E-state index in [-0.39, 0.29) is 17.5 Å². The predicted molar refractivity (Wildman–Crippen MR) is 101 cm³/mol. The molecule has 0 spiro atoms. The fourth-order valence-electron chi connectivity index (χ4n) is 3.06. The monoisotopic (exact) mass is 360 g/mol. The summed E-state index contributed by atoms with van der Waals surface area (Å²) in [6.07, 6.45) is 0.641. The van der Waals surface area contributed by atoms with Crippen molar-refractivity contribution in [1.82, 2.24) is 9.97 Å². The minimum atomic E-state index is -2.93. The maximum Gasteiger partial charge on any atom is 0.229 e. The molecule has 0 saturated carbocycles. The van der Waals surface area contributed by atoms with E-state index in [0.717, 1.165) is 22.8 Å². The second-order valence-electron chi connectivity index (χ2n) is 6.73. The molecular weight excluding hydrogens is 336 g/mol. The third-order valence-electron chi connectivity index (χ3n) is 4.81. The highest BCUT2D eigenvalue weighted by Gasteiger charge is 2.31. The van der Waals surface area contributed by atoms with Crippen molar-refractivity contribution in [2.45, 2.75) is 33.2 Å². The standard InChI is InChI=1S/C18H24N4O2S/c1-12-6-5-7-16(14(12)3)20-18-19-13(2)10-17(21-18)22(4)15-8-9-25(23,24)11-15/h5-7,10,15H,8-9,11H2,1-4H3,(H,19,20,21).